The van der Waals surface area contributed by atoms with Crippen LogP contribution in [-0.2, 0) is 9.53 Å². The molecular formula is C31H43N9O4. The number of piperidine rings is 1. The molecule has 2 fully saturated rings. The van der Waals surface area contributed by atoms with Gasteiger partial charge in [0.1, 0.15) is 23.0 Å². The van der Waals surface area contributed by atoms with E-state index < -0.39 is 5.91 Å². The van der Waals surface area contributed by atoms with Crippen molar-refractivity contribution < 1.29 is 19.1 Å². The zero-order chi connectivity index (χ0) is 31.5. The quantitative estimate of drug-likeness (QED) is 0.105. The van der Waals surface area contributed by atoms with Gasteiger partial charge in [0.2, 0.25) is 11.9 Å². The van der Waals surface area contributed by atoms with E-state index in [1.54, 1.807) is 13.2 Å². The second-order valence-corrected chi connectivity index (χ2v) is 10.9. The average Bonchev–Trinajstić information content (AvgIpc) is 3.03. The van der Waals surface area contributed by atoms with Crippen LogP contribution < -0.4 is 30.9 Å². The number of carbonyl (C=O) groups is 2. The molecule has 3 heterocycles. The highest BCUT2D eigenvalue weighted by molar-refractivity contribution is 6.08. The first-order valence-corrected chi connectivity index (χ1v) is 14.9. The number of hydrogen-bond donors (Lipinski definition) is 5. The maximum Gasteiger partial charge on any atom is 0.256 e. The maximum absolute atomic E-state index is 12.8. The molecule has 5 N–H and O–H groups in total. The summed E-state index contributed by atoms with van der Waals surface area (Å²) in [5, 5.41) is 19.7. The van der Waals surface area contributed by atoms with E-state index in [4.69, 9.17) is 14.9 Å². The number of aromatic nitrogens is 2. The zero-order valence-corrected chi connectivity index (χ0v) is 25.7. The molecule has 0 spiro atoms. The van der Waals surface area contributed by atoms with Gasteiger partial charge in [-0.25, -0.2) is 4.98 Å². The summed E-state index contributed by atoms with van der Waals surface area (Å²) in [7, 11) is 1.65. The van der Waals surface area contributed by atoms with E-state index in [-0.39, 0.29) is 41.7 Å². The Morgan fingerprint density at radius 1 is 1.18 bits per heavy atom. The third-order valence-corrected chi connectivity index (χ3v) is 7.33. The summed E-state index contributed by atoms with van der Waals surface area (Å²) >= 11 is 0. The highest BCUT2D eigenvalue weighted by Gasteiger charge is 2.27. The number of carbonyl (C=O) groups excluding carboxylic acids is 2. The van der Waals surface area contributed by atoms with Crippen LogP contribution in [0.2, 0.25) is 0 Å². The van der Waals surface area contributed by atoms with Gasteiger partial charge in [-0.15, -0.1) is 6.58 Å². The first-order valence-electron chi connectivity index (χ1n) is 14.9. The van der Waals surface area contributed by atoms with Crippen molar-refractivity contribution in [3.05, 3.63) is 54.8 Å². The molecule has 0 atom stereocenters. The van der Waals surface area contributed by atoms with Crippen molar-refractivity contribution >= 4 is 40.8 Å². The number of ether oxygens (including phenoxy) is 2. The lowest BCUT2D eigenvalue weighted by Crippen LogP contribution is -2.49. The monoisotopic (exact) mass is 605 g/mol. The summed E-state index contributed by atoms with van der Waals surface area (Å²) in [5.41, 5.74) is 1.86. The lowest BCUT2D eigenvalue weighted by atomic mass is 10.0. The topological polar surface area (TPSA) is 157 Å². The molecule has 0 bridgehead atoms. The average molecular weight is 606 g/mol. The van der Waals surface area contributed by atoms with Gasteiger partial charge in [-0.05, 0) is 44.9 Å². The first kappa shape index (κ1) is 32.4. The number of nitrogens with zero attached hydrogens (tertiary/aromatic N) is 4. The van der Waals surface area contributed by atoms with Crippen LogP contribution in [0.1, 0.15) is 37.0 Å². The number of benzene rings is 1. The van der Waals surface area contributed by atoms with Crippen molar-refractivity contribution in [1.29, 1.82) is 5.41 Å². The molecule has 0 saturated carbocycles. The molecular weight excluding hydrogens is 562 g/mol. The third kappa shape index (κ3) is 9.01. The summed E-state index contributed by atoms with van der Waals surface area (Å²) < 4.78 is 11.3. The summed E-state index contributed by atoms with van der Waals surface area (Å²) in [5.74, 6) is 0.147. The van der Waals surface area contributed by atoms with E-state index in [0.29, 0.717) is 11.7 Å². The van der Waals surface area contributed by atoms with E-state index >= 15 is 0 Å². The lowest BCUT2D eigenvalue weighted by Gasteiger charge is -2.41. The number of nitrogens with one attached hydrogen (secondary N) is 5. The van der Waals surface area contributed by atoms with Gasteiger partial charge in [-0.3, -0.25) is 19.9 Å². The third-order valence-electron chi connectivity index (χ3n) is 7.33. The van der Waals surface area contributed by atoms with Gasteiger partial charge < -0.3 is 35.6 Å². The normalized spacial score (nSPS) is 16.0. The Kier molecular flexibility index (Phi) is 11.7. The minimum absolute atomic E-state index is 0.0368. The highest BCUT2D eigenvalue weighted by atomic mass is 16.5. The molecule has 4 rings (SSSR count). The molecule has 0 radical (unpaired) electrons. The molecule has 13 nitrogen and oxygen atoms in total. The Morgan fingerprint density at radius 2 is 1.93 bits per heavy atom. The Hall–Kier alpha value is -4.49. The van der Waals surface area contributed by atoms with Crippen molar-refractivity contribution in [2.24, 2.45) is 0 Å². The number of amides is 2. The van der Waals surface area contributed by atoms with E-state index in [9.17, 15) is 9.59 Å². The number of rotatable bonds is 12. The van der Waals surface area contributed by atoms with Gasteiger partial charge in [0.15, 0.2) is 0 Å². The largest absolute Gasteiger partial charge is 0.495 e. The fourth-order valence-corrected chi connectivity index (χ4v) is 5.18. The summed E-state index contributed by atoms with van der Waals surface area (Å²) in [6.07, 6.45) is 7.65. The zero-order valence-electron chi connectivity index (χ0n) is 25.7. The van der Waals surface area contributed by atoms with E-state index in [0.717, 1.165) is 63.7 Å². The van der Waals surface area contributed by atoms with Crippen LogP contribution in [0.15, 0.2) is 49.2 Å². The number of hydrogen-bond acceptors (Lipinski definition) is 10. The van der Waals surface area contributed by atoms with Gasteiger partial charge in [0.05, 0.1) is 26.0 Å². The van der Waals surface area contributed by atoms with Gasteiger partial charge in [0, 0.05) is 68.8 Å². The van der Waals surface area contributed by atoms with E-state index in [2.05, 4.69) is 47.6 Å². The second-order valence-electron chi connectivity index (χ2n) is 10.9. The van der Waals surface area contributed by atoms with Crippen LogP contribution in [0.5, 0.6) is 5.75 Å². The van der Waals surface area contributed by atoms with Crippen molar-refractivity contribution in [3.8, 4) is 5.75 Å². The number of methoxy groups -OCH3 is 1. The molecule has 2 amide bonds. The second kappa shape index (κ2) is 15.8. The lowest BCUT2D eigenvalue weighted by molar-refractivity contribution is -0.116. The van der Waals surface area contributed by atoms with E-state index in [1.165, 1.54) is 18.3 Å². The van der Waals surface area contributed by atoms with Gasteiger partial charge in [-0.2, -0.15) is 4.98 Å². The van der Waals surface area contributed by atoms with Crippen molar-refractivity contribution in [2.75, 3.05) is 68.6 Å². The van der Waals surface area contributed by atoms with Crippen molar-refractivity contribution in [2.45, 2.75) is 38.8 Å². The van der Waals surface area contributed by atoms with Gasteiger partial charge in [-0.1, -0.05) is 6.08 Å². The molecule has 236 valence electrons. The molecule has 1 aromatic heterocycles. The molecule has 2 aliphatic rings. The Balaban J connectivity index is 1.47. The number of amidine groups is 1. The molecule has 2 aliphatic heterocycles. The highest BCUT2D eigenvalue weighted by Crippen LogP contribution is 2.34. The Bertz CT molecular complexity index is 1350. The fourth-order valence-electron chi connectivity index (χ4n) is 5.18. The predicted molar refractivity (Wildman–Crippen MR) is 172 cm³/mol. The Labute approximate surface area is 258 Å². The molecule has 0 aliphatic carbocycles. The maximum atomic E-state index is 12.8. The fraction of sp³-hybridized carbons (Fsp3) is 0.452. The van der Waals surface area contributed by atoms with Gasteiger partial charge in [0.25, 0.3) is 5.91 Å². The predicted octanol–water partition coefficient (Wildman–Crippen LogP) is 2.92. The van der Waals surface area contributed by atoms with Crippen molar-refractivity contribution in [3.63, 3.8) is 0 Å². The Morgan fingerprint density at radius 3 is 2.61 bits per heavy atom. The smallest absolute Gasteiger partial charge is 0.256 e. The molecule has 2 saturated heterocycles. The van der Waals surface area contributed by atoms with Crippen LogP contribution in [0.3, 0.4) is 0 Å². The van der Waals surface area contributed by atoms with Crippen LogP contribution in [0.25, 0.3) is 0 Å². The SMILES string of the molecule is C=CCNC(=O)c1cnc(Nc2ccc(N3CCC(N4CCOCC4)CC3)c(OC)c2)nc1NC(=N)/C=C\C(=O)NC(C)C. The summed E-state index contributed by atoms with van der Waals surface area (Å²) in [6, 6.07) is 6.39. The minimum atomic E-state index is -0.434. The summed E-state index contributed by atoms with van der Waals surface area (Å²) in [4.78, 5) is 38.4. The summed E-state index contributed by atoms with van der Waals surface area (Å²) in [6.45, 7) is 13.1. The van der Waals surface area contributed by atoms with Crippen LogP contribution in [-0.4, -0.2) is 97.6 Å². The molecule has 1 aromatic carbocycles. The molecule has 2 aromatic rings. The van der Waals surface area contributed by atoms with Crippen molar-refractivity contribution in [1.82, 2.24) is 25.5 Å². The minimum Gasteiger partial charge on any atom is -0.495 e. The van der Waals surface area contributed by atoms with Crippen LogP contribution in [0.4, 0.5) is 23.1 Å². The standard InChI is InChI=1S/C31H43N9O4/c1-5-12-33-30(42)24-20-34-31(38-29(24)37-27(32)8-9-28(41)35-21(2)3)36-22-6-7-25(26(19-22)43-4)40-13-10-23(11-14-40)39-15-17-44-18-16-39/h5-9,19-21,23H,1,10-18H2,2-4H3,(H,33,42)(H,35,41)(H3,32,34,36,37,38)/b9-8-. The van der Waals surface area contributed by atoms with E-state index in [1.807, 2.05) is 32.0 Å². The van der Waals surface area contributed by atoms with Crippen LogP contribution in [0, 0.1) is 5.41 Å². The first-order chi connectivity index (χ1) is 21.3. The number of anilines is 4. The number of morpholine rings is 1. The molecule has 44 heavy (non-hydrogen) atoms. The molecule has 13 heteroatoms. The molecule has 0 unspecified atom stereocenters. The van der Waals surface area contributed by atoms with Crippen LogP contribution >= 0.6 is 0 Å². The van der Waals surface area contributed by atoms with Gasteiger partial charge >= 0.3 is 0 Å².